The molecule has 1 saturated heterocycles. The maximum atomic E-state index is 14.3. The van der Waals surface area contributed by atoms with E-state index in [9.17, 15) is 8.78 Å². The van der Waals surface area contributed by atoms with E-state index in [2.05, 4.69) is 27.0 Å². The van der Waals surface area contributed by atoms with Gasteiger partial charge in [0.2, 0.25) is 0 Å². The first kappa shape index (κ1) is 25.3. The van der Waals surface area contributed by atoms with Crippen LogP contribution in [0.2, 0.25) is 0 Å². The quantitative estimate of drug-likeness (QED) is 0.310. The molecular weight excluding hydrogens is 501 g/mol. The Bertz CT molecular complexity index is 706. The molecule has 1 unspecified atom stereocenters. The van der Waals surface area contributed by atoms with Crippen LogP contribution in [0.3, 0.4) is 0 Å². The average Bonchev–Trinajstić information content (AvgIpc) is 3.50. The van der Waals surface area contributed by atoms with E-state index in [4.69, 9.17) is 4.74 Å². The van der Waals surface area contributed by atoms with Gasteiger partial charge >= 0.3 is 0 Å². The molecule has 0 spiro atoms. The van der Waals surface area contributed by atoms with Crippen molar-refractivity contribution in [3.05, 3.63) is 35.4 Å². The zero-order valence-corrected chi connectivity index (χ0v) is 20.6. The third-order valence-corrected chi connectivity index (χ3v) is 6.39. The SMILES string of the molecule is CCC(c1ccc(F)cc1F)N1CCN(C(=NC)NCC2(CCOC)CC2)CC1.I. The Balaban J connectivity index is 0.00000320. The van der Waals surface area contributed by atoms with E-state index in [0.29, 0.717) is 11.0 Å². The molecule has 1 aromatic rings. The Morgan fingerprint density at radius 1 is 1.23 bits per heavy atom. The number of rotatable bonds is 8. The molecule has 2 aliphatic rings. The van der Waals surface area contributed by atoms with E-state index in [1.165, 1.54) is 18.9 Å². The Kier molecular flexibility index (Phi) is 9.74. The largest absolute Gasteiger partial charge is 0.385 e. The Morgan fingerprint density at radius 3 is 2.47 bits per heavy atom. The highest BCUT2D eigenvalue weighted by molar-refractivity contribution is 14.0. The normalized spacial score (nSPS) is 19.9. The fraction of sp³-hybridized carbons (Fsp3) is 0.682. The number of nitrogens with one attached hydrogen (secondary N) is 1. The van der Waals surface area contributed by atoms with Crippen LogP contribution in [0.15, 0.2) is 23.2 Å². The maximum absolute atomic E-state index is 14.3. The molecule has 0 amide bonds. The Hall–Kier alpha value is -1.00. The van der Waals surface area contributed by atoms with Crippen molar-refractivity contribution >= 4 is 29.9 Å². The number of hydrogen-bond acceptors (Lipinski definition) is 3. The van der Waals surface area contributed by atoms with Crippen molar-refractivity contribution in [1.29, 1.82) is 0 Å². The summed E-state index contributed by atoms with van der Waals surface area (Å²) in [6.07, 6.45) is 4.37. The van der Waals surface area contributed by atoms with Crippen LogP contribution in [0.4, 0.5) is 8.78 Å². The van der Waals surface area contributed by atoms with Crippen molar-refractivity contribution in [2.75, 3.05) is 53.5 Å². The molecule has 1 aliphatic carbocycles. The zero-order valence-electron chi connectivity index (χ0n) is 18.3. The fourth-order valence-corrected chi connectivity index (χ4v) is 4.30. The maximum Gasteiger partial charge on any atom is 0.193 e. The lowest BCUT2D eigenvalue weighted by Crippen LogP contribution is -2.53. The second-order valence-corrected chi connectivity index (χ2v) is 8.26. The van der Waals surface area contributed by atoms with Crippen molar-refractivity contribution < 1.29 is 13.5 Å². The van der Waals surface area contributed by atoms with Gasteiger partial charge in [-0.1, -0.05) is 13.0 Å². The number of ether oxygens (including phenoxy) is 1. The highest BCUT2D eigenvalue weighted by Gasteiger charge is 2.42. The zero-order chi connectivity index (χ0) is 20.9. The van der Waals surface area contributed by atoms with Crippen molar-refractivity contribution in [3.8, 4) is 0 Å². The standard InChI is InChI=1S/C22H34F2N4O.HI/c1-4-20(18-6-5-17(23)15-19(18)24)27-10-12-28(13-11-27)21(25-2)26-16-22(7-8-22)9-14-29-3;/h5-6,15,20H,4,7-14,16H2,1-3H3,(H,25,26);1H. The molecule has 0 aromatic heterocycles. The number of halogens is 3. The van der Waals surface area contributed by atoms with Gasteiger partial charge in [0.15, 0.2) is 5.96 Å². The van der Waals surface area contributed by atoms with Crippen LogP contribution in [0.5, 0.6) is 0 Å². The summed E-state index contributed by atoms with van der Waals surface area (Å²) in [4.78, 5) is 9.04. The first-order chi connectivity index (χ1) is 14.0. The van der Waals surface area contributed by atoms with Crippen LogP contribution in [0, 0.1) is 17.0 Å². The lowest BCUT2D eigenvalue weighted by atomic mass is 10.0. The van der Waals surface area contributed by atoms with Crippen LogP contribution in [0.1, 0.15) is 44.2 Å². The molecule has 1 saturated carbocycles. The predicted octanol–water partition coefficient (Wildman–Crippen LogP) is 4.04. The molecule has 1 atom stereocenters. The molecule has 170 valence electrons. The number of methoxy groups -OCH3 is 1. The van der Waals surface area contributed by atoms with Crippen molar-refractivity contribution in [2.45, 2.75) is 38.6 Å². The average molecular weight is 536 g/mol. The van der Waals surface area contributed by atoms with E-state index in [0.717, 1.165) is 64.2 Å². The number of aliphatic imine (C=N–C) groups is 1. The number of hydrogen-bond donors (Lipinski definition) is 1. The topological polar surface area (TPSA) is 40.1 Å². The smallest absolute Gasteiger partial charge is 0.193 e. The van der Waals surface area contributed by atoms with E-state index in [1.807, 2.05) is 7.05 Å². The number of nitrogens with zero attached hydrogens (tertiary/aromatic N) is 3. The fourth-order valence-electron chi connectivity index (χ4n) is 4.30. The molecule has 1 N–H and O–H groups in total. The van der Waals surface area contributed by atoms with E-state index in [1.54, 1.807) is 13.2 Å². The third kappa shape index (κ3) is 6.26. The lowest BCUT2D eigenvalue weighted by Gasteiger charge is -2.40. The van der Waals surface area contributed by atoms with E-state index >= 15 is 0 Å². The van der Waals surface area contributed by atoms with Gasteiger partial charge in [0.1, 0.15) is 11.6 Å². The second-order valence-electron chi connectivity index (χ2n) is 8.26. The molecule has 1 aliphatic heterocycles. The van der Waals surface area contributed by atoms with Crippen LogP contribution in [-0.2, 0) is 4.74 Å². The first-order valence-corrected chi connectivity index (χ1v) is 10.7. The summed E-state index contributed by atoms with van der Waals surface area (Å²) in [5, 5.41) is 3.56. The van der Waals surface area contributed by atoms with Gasteiger partial charge in [-0.3, -0.25) is 9.89 Å². The summed E-state index contributed by atoms with van der Waals surface area (Å²) in [6.45, 7) is 7.11. The number of guanidine groups is 1. The molecule has 3 rings (SSSR count). The Morgan fingerprint density at radius 2 is 1.93 bits per heavy atom. The van der Waals surface area contributed by atoms with Gasteiger partial charge in [-0.25, -0.2) is 8.78 Å². The molecule has 30 heavy (non-hydrogen) atoms. The van der Waals surface area contributed by atoms with Crippen molar-refractivity contribution in [3.63, 3.8) is 0 Å². The van der Waals surface area contributed by atoms with Crippen LogP contribution in [0.25, 0.3) is 0 Å². The summed E-state index contributed by atoms with van der Waals surface area (Å²) in [7, 11) is 3.58. The van der Waals surface area contributed by atoms with Gasteiger partial charge in [-0.2, -0.15) is 0 Å². The summed E-state index contributed by atoms with van der Waals surface area (Å²) in [5.74, 6) is -0.0448. The predicted molar refractivity (Wildman–Crippen MR) is 127 cm³/mol. The van der Waals surface area contributed by atoms with E-state index in [-0.39, 0.29) is 30.0 Å². The van der Waals surface area contributed by atoms with Gasteiger partial charge in [-0.15, -0.1) is 24.0 Å². The monoisotopic (exact) mass is 536 g/mol. The summed E-state index contributed by atoms with van der Waals surface area (Å²) in [6, 6.07) is 3.88. The first-order valence-electron chi connectivity index (χ1n) is 10.7. The molecule has 1 aromatic carbocycles. The van der Waals surface area contributed by atoms with Crippen molar-refractivity contribution in [1.82, 2.24) is 15.1 Å². The molecule has 5 nitrogen and oxygen atoms in total. The highest BCUT2D eigenvalue weighted by Crippen LogP contribution is 2.48. The molecular formula is C22H35F2IN4O. The minimum Gasteiger partial charge on any atom is -0.385 e. The van der Waals surface area contributed by atoms with Crippen molar-refractivity contribution in [2.24, 2.45) is 10.4 Å². The Labute approximate surface area is 196 Å². The van der Waals surface area contributed by atoms with Crippen LogP contribution >= 0.6 is 24.0 Å². The molecule has 2 fully saturated rings. The van der Waals surface area contributed by atoms with E-state index < -0.39 is 11.6 Å². The van der Waals surface area contributed by atoms with Gasteiger partial charge in [-0.05, 0) is 37.2 Å². The van der Waals surface area contributed by atoms with Gasteiger partial charge in [0.25, 0.3) is 0 Å². The molecule has 8 heteroatoms. The van der Waals surface area contributed by atoms with Gasteiger partial charge in [0, 0.05) is 71.2 Å². The number of benzene rings is 1. The minimum absolute atomic E-state index is 0. The highest BCUT2D eigenvalue weighted by atomic mass is 127. The minimum atomic E-state index is -0.528. The molecule has 0 radical (unpaired) electrons. The summed E-state index contributed by atoms with van der Waals surface area (Å²) < 4.78 is 32.8. The number of piperazine rings is 1. The van der Waals surface area contributed by atoms with Crippen LogP contribution < -0.4 is 5.32 Å². The third-order valence-electron chi connectivity index (χ3n) is 6.39. The molecule has 0 bridgehead atoms. The molecule has 1 heterocycles. The lowest BCUT2D eigenvalue weighted by molar-refractivity contribution is 0.124. The van der Waals surface area contributed by atoms with Crippen LogP contribution in [-0.4, -0.2) is 69.2 Å². The second kappa shape index (κ2) is 11.6. The van der Waals surface area contributed by atoms with Gasteiger partial charge in [0.05, 0.1) is 0 Å². The summed E-state index contributed by atoms with van der Waals surface area (Å²) in [5.41, 5.74) is 0.944. The summed E-state index contributed by atoms with van der Waals surface area (Å²) >= 11 is 0. The van der Waals surface area contributed by atoms with Gasteiger partial charge < -0.3 is 15.0 Å².